The molecule has 0 fully saturated rings. The van der Waals surface area contributed by atoms with Gasteiger partial charge in [-0.1, -0.05) is 29.8 Å². The molecule has 0 aliphatic rings. The topological polar surface area (TPSA) is 33.1 Å². The number of rotatable bonds is 3. The molecule has 0 aliphatic heterocycles. The molecule has 0 atom stereocenters. The van der Waals surface area contributed by atoms with Crippen molar-refractivity contribution in [1.82, 2.24) is 4.98 Å². The van der Waals surface area contributed by atoms with Crippen molar-refractivity contribution >= 4 is 11.3 Å². The first-order chi connectivity index (χ1) is 7.29. The zero-order valence-electron chi connectivity index (χ0n) is 8.60. The summed E-state index contributed by atoms with van der Waals surface area (Å²) in [4.78, 5) is 4.46. The van der Waals surface area contributed by atoms with Crippen LogP contribution >= 0.6 is 11.3 Å². The molecule has 0 amide bonds. The lowest BCUT2D eigenvalue weighted by atomic mass is 10.2. The van der Waals surface area contributed by atoms with E-state index in [9.17, 15) is 0 Å². The summed E-state index contributed by atoms with van der Waals surface area (Å²) < 4.78 is 0. The number of nitrogens with zero attached hydrogens (tertiary/aromatic N) is 1. The summed E-state index contributed by atoms with van der Waals surface area (Å²) in [5, 5.41) is 11.8. The Bertz CT molecular complexity index is 433. The first-order valence-corrected chi connectivity index (χ1v) is 5.80. The number of thiazole rings is 1. The van der Waals surface area contributed by atoms with Gasteiger partial charge in [0.2, 0.25) is 0 Å². The van der Waals surface area contributed by atoms with Gasteiger partial charge in [0.25, 0.3) is 0 Å². The number of hydrogen-bond donors (Lipinski definition) is 1. The molecule has 78 valence electrons. The van der Waals surface area contributed by atoms with Crippen LogP contribution in [0.15, 0.2) is 29.6 Å². The van der Waals surface area contributed by atoms with Crippen LogP contribution in [0.1, 0.15) is 11.3 Å². The molecule has 1 aromatic carbocycles. The molecule has 0 saturated carbocycles. The van der Waals surface area contributed by atoms with Crippen LogP contribution in [-0.2, 0) is 6.42 Å². The van der Waals surface area contributed by atoms with Gasteiger partial charge in [-0.2, -0.15) is 0 Å². The Balaban J connectivity index is 2.25. The fourth-order valence-electron chi connectivity index (χ4n) is 1.37. The summed E-state index contributed by atoms with van der Waals surface area (Å²) >= 11 is 1.63. The monoisotopic (exact) mass is 219 g/mol. The van der Waals surface area contributed by atoms with Gasteiger partial charge in [-0.3, -0.25) is 0 Å². The maximum Gasteiger partial charge on any atom is 0.123 e. The van der Waals surface area contributed by atoms with Crippen LogP contribution in [0.2, 0.25) is 0 Å². The molecular formula is C12H13NOS. The molecule has 2 nitrogen and oxygen atoms in total. The van der Waals surface area contributed by atoms with Gasteiger partial charge in [0, 0.05) is 24.0 Å². The molecule has 0 bridgehead atoms. The van der Waals surface area contributed by atoms with E-state index in [1.54, 1.807) is 11.3 Å². The van der Waals surface area contributed by atoms with Crippen LogP contribution in [0.5, 0.6) is 0 Å². The molecule has 1 N–H and O–H groups in total. The first-order valence-electron chi connectivity index (χ1n) is 4.92. The van der Waals surface area contributed by atoms with E-state index in [1.165, 1.54) is 5.56 Å². The zero-order chi connectivity index (χ0) is 10.7. The number of hydrogen-bond acceptors (Lipinski definition) is 3. The average Bonchev–Trinajstić information content (AvgIpc) is 2.68. The van der Waals surface area contributed by atoms with Gasteiger partial charge in [0.05, 0.1) is 5.69 Å². The summed E-state index contributed by atoms with van der Waals surface area (Å²) in [6.45, 7) is 2.24. The maximum atomic E-state index is 8.80. The Hall–Kier alpha value is -1.19. The normalized spacial score (nSPS) is 10.5. The third-order valence-electron chi connectivity index (χ3n) is 2.22. The lowest BCUT2D eigenvalue weighted by Gasteiger charge is -1.96. The summed E-state index contributed by atoms with van der Waals surface area (Å²) in [5.41, 5.74) is 3.37. The Kier molecular flexibility index (Phi) is 3.14. The van der Waals surface area contributed by atoms with Crippen molar-refractivity contribution in [3.05, 3.63) is 40.9 Å². The Labute approximate surface area is 93.2 Å². The van der Waals surface area contributed by atoms with Crippen LogP contribution in [0.25, 0.3) is 10.6 Å². The van der Waals surface area contributed by atoms with Crippen molar-refractivity contribution in [1.29, 1.82) is 0 Å². The zero-order valence-corrected chi connectivity index (χ0v) is 9.42. The lowest BCUT2D eigenvalue weighted by Crippen LogP contribution is -1.90. The minimum Gasteiger partial charge on any atom is -0.396 e. The molecule has 0 aliphatic carbocycles. The SMILES string of the molecule is Cc1ccc(-c2nc(CCO)cs2)cc1. The number of aliphatic hydroxyl groups is 1. The number of aryl methyl sites for hydroxylation is 1. The lowest BCUT2D eigenvalue weighted by molar-refractivity contribution is 0.298. The molecule has 0 radical (unpaired) electrons. The smallest absolute Gasteiger partial charge is 0.123 e. The predicted molar refractivity (Wildman–Crippen MR) is 63.1 cm³/mol. The average molecular weight is 219 g/mol. The van der Waals surface area contributed by atoms with Crippen molar-refractivity contribution in [2.24, 2.45) is 0 Å². The van der Waals surface area contributed by atoms with E-state index in [0.717, 1.165) is 16.3 Å². The van der Waals surface area contributed by atoms with Gasteiger partial charge in [0.15, 0.2) is 0 Å². The Morgan fingerprint density at radius 3 is 2.67 bits per heavy atom. The summed E-state index contributed by atoms with van der Waals surface area (Å²) in [7, 11) is 0. The van der Waals surface area contributed by atoms with Crippen molar-refractivity contribution < 1.29 is 5.11 Å². The number of benzene rings is 1. The summed E-state index contributed by atoms with van der Waals surface area (Å²) in [6.07, 6.45) is 0.641. The van der Waals surface area contributed by atoms with Gasteiger partial charge in [-0.25, -0.2) is 4.98 Å². The van der Waals surface area contributed by atoms with Crippen LogP contribution in [0.3, 0.4) is 0 Å². The van der Waals surface area contributed by atoms with Crippen molar-refractivity contribution in [3.8, 4) is 10.6 Å². The maximum absolute atomic E-state index is 8.80. The minimum atomic E-state index is 0.164. The fourth-order valence-corrected chi connectivity index (χ4v) is 2.23. The molecule has 0 unspecified atom stereocenters. The predicted octanol–water partition coefficient (Wildman–Crippen LogP) is 2.65. The van der Waals surface area contributed by atoms with Gasteiger partial charge in [-0.05, 0) is 6.92 Å². The van der Waals surface area contributed by atoms with E-state index in [0.29, 0.717) is 6.42 Å². The molecule has 3 heteroatoms. The highest BCUT2D eigenvalue weighted by Gasteiger charge is 2.03. The van der Waals surface area contributed by atoms with E-state index in [-0.39, 0.29) is 6.61 Å². The highest BCUT2D eigenvalue weighted by molar-refractivity contribution is 7.13. The van der Waals surface area contributed by atoms with Gasteiger partial charge in [0.1, 0.15) is 5.01 Å². The van der Waals surface area contributed by atoms with Gasteiger partial charge in [-0.15, -0.1) is 11.3 Å². The minimum absolute atomic E-state index is 0.164. The van der Waals surface area contributed by atoms with Crippen LogP contribution in [0, 0.1) is 6.92 Å². The number of aromatic nitrogens is 1. The molecular weight excluding hydrogens is 206 g/mol. The Morgan fingerprint density at radius 1 is 1.27 bits per heavy atom. The molecule has 2 aromatic rings. The van der Waals surface area contributed by atoms with E-state index in [4.69, 9.17) is 5.11 Å². The van der Waals surface area contributed by atoms with Crippen LogP contribution in [-0.4, -0.2) is 16.7 Å². The summed E-state index contributed by atoms with van der Waals surface area (Å²) in [6, 6.07) is 8.33. The molecule has 1 aromatic heterocycles. The molecule has 2 rings (SSSR count). The molecule has 15 heavy (non-hydrogen) atoms. The summed E-state index contributed by atoms with van der Waals surface area (Å²) in [5.74, 6) is 0. The largest absolute Gasteiger partial charge is 0.396 e. The molecule has 0 spiro atoms. The second-order valence-corrected chi connectivity index (χ2v) is 4.34. The van der Waals surface area contributed by atoms with Crippen molar-refractivity contribution in [2.45, 2.75) is 13.3 Å². The van der Waals surface area contributed by atoms with E-state index >= 15 is 0 Å². The van der Waals surface area contributed by atoms with E-state index < -0.39 is 0 Å². The highest BCUT2D eigenvalue weighted by Crippen LogP contribution is 2.23. The van der Waals surface area contributed by atoms with Crippen LogP contribution < -0.4 is 0 Å². The second kappa shape index (κ2) is 4.55. The molecule has 1 heterocycles. The third kappa shape index (κ3) is 2.43. The standard InChI is InChI=1S/C12H13NOS/c1-9-2-4-10(5-3-9)12-13-11(6-7-14)8-15-12/h2-5,8,14H,6-7H2,1H3. The quantitative estimate of drug-likeness (QED) is 0.861. The highest BCUT2D eigenvalue weighted by atomic mass is 32.1. The fraction of sp³-hybridized carbons (Fsp3) is 0.250. The molecule has 0 saturated heterocycles. The first kappa shape index (κ1) is 10.3. The van der Waals surface area contributed by atoms with Gasteiger partial charge < -0.3 is 5.11 Å². The second-order valence-electron chi connectivity index (χ2n) is 3.48. The van der Waals surface area contributed by atoms with Gasteiger partial charge >= 0.3 is 0 Å². The van der Waals surface area contributed by atoms with Crippen molar-refractivity contribution in [2.75, 3.05) is 6.61 Å². The van der Waals surface area contributed by atoms with Crippen molar-refractivity contribution in [3.63, 3.8) is 0 Å². The van der Waals surface area contributed by atoms with Crippen LogP contribution in [0.4, 0.5) is 0 Å². The third-order valence-corrected chi connectivity index (χ3v) is 3.16. The Morgan fingerprint density at radius 2 is 2.00 bits per heavy atom. The van der Waals surface area contributed by atoms with E-state index in [1.807, 2.05) is 5.38 Å². The van der Waals surface area contributed by atoms with E-state index in [2.05, 4.69) is 36.2 Å². The number of aliphatic hydroxyl groups excluding tert-OH is 1.